The van der Waals surface area contributed by atoms with Crippen LogP contribution in [0.5, 0.6) is 0 Å². The topological polar surface area (TPSA) is 99.7 Å². The van der Waals surface area contributed by atoms with E-state index in [1.807, 2.05) is 43.4 Å². The van der Waals surface area contributed by atoms with Gasteiger partial charge >= 0.3 is 0 Å². The molecule has 2 amide bonds. The molecule has 2 aromatic rings. The molecule has 0 aromatic heterocycles. The molecule has 1 aliphatic carbocycles. The van der Waals surface area contributed by atoms with Crippen molar-refractivity contribution in [1.29, 1.82) is 5.26 Å². The first kappa shape index (κ1) is 30.7. The zero-order valence-corrected chi connectivity index (χ0v) is 24.6. The molecule has 2 N–H and O–H groups in total. The van der Waals surface area contributed by atoms with Crippen LogP contribution in [0.3, 0.4) is 0 Å². The number of hydrogen-bond donors (Lipinski definition) is 1. The van der Waals surface area contributed by atoms with Crippen LogP contribution in [0.4, 0.5) is 0 Å². The van der Waals surface area contributed by atoms with Crippen LogP contribution in [-0.2, 0) is 27.3 Å². The summed E-state index contributed by atoms with van der Waals surface area (Å²) in [5.74, 6) is -0.363. The van der Waals surface area contributed by atoms with Gasteiger partial charge in [0.05, 0.1) is 30.1 Å². The van der Waals surface area contributed by atoms with Gasteiger partial charge in [0.15, 0.2) is 0 Å². The Morgan fingerprint density at radius 3 is 2.20 bits per heavy atom. The molecule has 4 rings (SSSR count). The number of carbonyl (C=O) groups excluding carboxylic acids is 2. The summed E-state index contributed by atoms with van der Waals surface area (Å²) in [5.41, 5.74) is 6.21. The van der Waals surface area contributed by atoms with Crippen molar-refractivity contribution in [3.63, 3.8) is 0 Å². The van der Waals surface area contributed by atoms with Gasteiger partial charge in [0.25, 0.3) is 0 Å². The van der Waals surface area contributed by atoms with Crippen molar-refractivity contribution in [2.75, 3.05) is 39.9 Å². The SMILES string of the molecule is CN(Cc1ccccc1)CC(C#N)(CCc1ccccc1)C(CC(=O)N1CCOCC1)(CC1CCCCC1)C(N)=O. The first-order valence-corrected chi connectivity index (χ1v) is 15.2. The van der Waals surface area contributed by atoms with Gasteiger partial charge in [0, 0.05) is 32.6 Å². The predicted octanol–water partition coefficient (Wildman–Crippen LogP) is 4.95. The molecule has 1 heterocycles. The van der Waals surface area contributed by atoms with Gasteiger partial charge < -0.3 is 20.3 Å². The number of carbonyl (C=O) groups is 2. The lowest BCUT2D eigenvalue weighted by molar-refractivity contribution is -0.150. The van der Waals surface area contributed by atoms with Crippen LogP contribution < -0.4 is 5.73 Å². The van der Waals surface area contributed by atoms with Crippen molar-refractivity contribution in [3.8, 4) is 6.07 Å². The molecular weight excluding hydrogens is 512 g/mol. The van der Waals surface area contributed by atoms with Crippen molar-refractivity contribution in [3.05, 3.63) is 71.8 Å². The van der Waals surface area contributed by atoms with E-state index in [0.29, 0.717) is 58.7 Å². The third-order valence-corrected chi connectivity index (χ3v) is 9.30. The molecule has 41 heavy (non-hydrogen) atoms. The molecule has 220 valence electrons. The lowest BCUT2D eigenvalue weighted by Gasteiger charge is -2.48. The summed E-state index contributed by atoms with van der Waals surface area (Å²) in [6, 6.07) is 22.9. The van der Waals surface area contributed by atoms with Gasteiger partial charge in [-0.3, -0.25) is 9.59 Å². The van der Waals surface area contributed by atoms with E-state index in [0.717, 1.165) is 36.8 Å². The van der Waals surface area contributed by atoms with Gasteiger partial charge in [0.1, 0.15) is 0 Å². The predicted molar refractivity (Wildman–Crippen MR) is 160 cm³/mol. The number of aryl methyl sites for hydroxylation is 1. The Morgan fingerprint density at radius 2 is 1.61 bits per heavy atom. The molecule has 1 aliphatic heterocycles. The zero-order chi connectivity index (χ0) is 29.1. The highest BCUT2D eigenvalue weighted by atomic mass is 16.5. The number of nitriles is 1. The van der Waals surface area contributed by atoms with Gasteiger partial charge in [-0.05, 0) is 43.4 Å². The summed E-state index contributed by atoms with van der Waals surface area (Å²) in [7, 11) is 2.00. The molecule has 0 bridgehead atoms. The fourth-order valence-corrected chi connectivity index (χ4v) is 7.01. The Hall–Kier alpha value is -3.21. The highest BCUT2D eigenvalue weighted by Gasteiger charge is 2.58. The van der Waals surface area contributed by atoms with E-state index < -0.39 is 16.7 Å². The average molecular weight is 559 g/mol. The van der Waals surface area contributed by atoms with Crippen molar-refractivity contribution < 1.29 is 14.3 Å². The summed E-state index contributed by atoms with van der Waals surface area (Å²) in [6.07, 6.45) is 6.90. The smallest absolute Gasteiger partial charge is 0.225 e. The number of nitrogens with two attached hydrogens (primary N) is 1. The molecule has 2 atom stereocenters. The number of primary amides is 1. The Bertz CT molecular complexity index is 1160. The molecule has 7 nitrogen and oxygen atoms in total. The number of morpholine rings is 1. The third-order valence-electron chi connectivity index (χ3n) is 9.30. The van der Waals surface area contributed by atoms with Gasteiger partial charge in [0.2, 0.25) is 11.8 Å². The molecule has 1 saturated carbocycles. The molecule has 2 unspecified atom stereocenters. The maximum atomic E-state index is 13.9. The Balaban J connectivity index is 1.75. The highest BCUT2D eigenvalue weighted by Crippen LogP contribution is 2.52. The summed E-state index contributed by atoms with van der Waals surface area (Å²) < 4.78 is 5.49. The second-order valence-corrected chi connectivity index (χ2v) is 12.2. The molecule has 2 fully saturated rings. The Kier molecular flexibility index (Phi) is 11.0. The van der Waals surface area contributed by atoms with Crippen molar-refractivity contribution in [2.24, 2.45) is 22.5 Å². The van der Waals surface area contributed by atoms with Crippen LogP contribution in [-0.4, -0.2) is 61.5 Å². The first-order chi connectivity index (χ1) is 19.9. The van der Waals surface area contributed by atoms with Crippen LogP contribution in [0, 0.1) is 28.1 Å². The first-order valence-electron chi connectivity index (χ1n) is 15.2. The van der Waals surface area contributed by atoms with E-state index in [-0.39, 0.29) is 18.2 Å². The maximum absolute atomic E-state index is 13.9. The van der Waals surface area contributed by atoms with E-state index >= 15 is 0 Å². The summed E-state index contributed by atoms with van der Waals surface area (Å²) in [5, 5.41) is 11.2. The fourth-order valence-electron chi connectivity index (χ4n) is 7.01. The van der Waals surface area contributed by atoms with E-state index in [9.17, 15) is 14.9 Å². The minimum Gasteiger partial charge on any atom is -0.378 e. The minimum absolute atomic E-state index is 0.0413. The van der Waals surface area contributed by atoms with E-state index in [2.05, 4.69) is 35.2 Å². The number of rotatable bonds is 13. The second kappa shape index (κ2) is 14.6. The molecule has 1 saturated heterocycles. The Labute approximate surface area is 245 Å². The molecule has 2 aliphatic rings. The average Bonchev–Trinajstić information content (AvgIpc) is 3.00. The molecule has 7 heteroatoms. The summed E-state index contributed by atoms with van der Waals surface area (Å²) in [4.78, 5) is 31.8. The monoisotopic (exact) mass is 558 g/mol. The lowest BCUT2D eigenvalue weighted by Crippen LogP contribution is -2.58. The number of nitrogens with zero attached hydrogens (tertiary/aromatic N) is 3. The standard InChI is InChI=1S/C34H46N4O3/c1-37(25-30-15-9-4-10-16-30)27-33(26-35,18-17-28-11-5-2-6-12-28)34(32(36)40,23-29-13-7-3-8-14-29)24-31(39)38-19-21-41-22-20-38/h2,4-6,9-12,15-16,29H,3,7-8,13-14,17-25,27H2,1H3,(H2,36,40). The number of hydrogen-bond acceptors (Lipinski definition) is 5. The third kappa shape index (κ3) is 7.75. The van der Waals surface area contributed by atoms with Crippen LogP contribution in [0.15, 0.2) is 60.7 Å². The van der Waals surface area contributed by atoms with Gasteiger partial charge in [-0.1, -0.05) is 92.8 Å². The molecular formula is C34H46N4O3. The summed E-state index contributed by atoms with van der Waals surface area (Å²) in [6.45, 7) is 2.93. The van der Waals surface area contributed by atoms with Crippen molar-refractivity contribution in [1.82, 2.24) is 9.80 Å². The van der Waals surface area contributed by atoms with Gasteiger partial charge in [-0.25, -0.2) is 0 Å². The largest absolute Gasteiger partial charge is 0.378 e. The van der Waals surface area contributed by atoms with E-state index in [4.69, 9.17) is 10.5 Å². The second-order valence-electron chi connectivity index (χ2n) is 12.2. The van der Waals surface area contributed by atoms with Crippen LogP contribution in [0.1, 0.15) is 62.5 Å². The number of benzene rings is 2. The van der Waals surface area contributed by atoms with Crippen LogP contribution in [0.2, 0.25) is 0 Å². The minimum atomic E-state index is -1.29. The molecule has 0 spiro atoms. The molecule has 0 radical (unpaired) electrons. The van der Waals surface area contributed by atoms with Gasteiger partial charge in [-0.2, -0.15) is 5.26 Å². The highest BCUT2D eigenvalue weighted by molar-refractivity contribution is 5.89. The van der Waals surface area contributed by atoms with Crippen molar-refractivity contribution >= 4 is 11.8 Å². The lowest BCUT2D eigenvalue weighted by atomic mass is 9.55. The van der Waals surface area contributed by atoms with Gasteiger partial charge in [-0.15, -0.1) is 0 Å². The Morgan fingerprint density at radius 1 is 1.00 bits per heavy atom. The van der Waals surface area contributed by atoms with Crippen LogP contribution in [0.25, 0.3) is 0 Å². The fraction of sp³-hybridized carbons (Fsp3) is 0.559. The molecule has 2 aromatic carbocycles. The maximum Gasteiger partial charge on any atom is 0.225 e. The van der Waals surface area contributed by atoms with Crippen molar-refractivity contribution in [2.45, 2.75) is 64.3 Å². The van der Waals surface area contributed by atoms with Crippen LogP contribution >= 0.6 is 0 Å². The normalized spacial score (nSPS) is 19.2. The quantitative estimate of drug-likeness (QED) is 0.375. The number of amides is 2. The number of ether oxygens (including phenoxy) is 1. The van der Waals surface area contributed by atoms with E-state index in [1.165, 1.54) is 6.42 Å². The van der Waals surface area contributed by atoms with E-state index in [1.54, 1.807) is 4.90 Å². The summed E-state index contributed by atoms with van der Waals surface area (Å²) >= 11 is 0. The zero-order valence-electron chi connectivity index (χ0n) is 24.6.